The van der Waals surface area contributed by atoms with Gasteiger partial charge in [-0.15, -0.1) is 0 Å². The van der Waals surface area contributed by atoms with Crippen LogP contribution in [-0.2, 0) is 13.2 Å². The van der Waals surface area contributed by atoms with Crippen molar-refractivity contribution in [3.05, 3.63) is 77.2 Å². The molecule has 2 amide bonds. The van der Waals surface area contributed by atoms with Crippen LogP contribution >= 0.6 is 0 Å². The molecule has 1 aromatic heterocycles. The van der Waals surface area contributed by atoms with Crippen molar-refractivity contribution in [2.75, 3.05) is 6.54 Å². The van der Waals surface area contributed by atoms with E-state index in [9.17, 15) is 14.7 Å². The number of ether oxygens (including phenoxy) is 1. The van der Waals surface area contributed by atoms with Crippen LogP contribution in [0.2, 0.25) is 0 Å². The van der Waals surface area contributed by atoms with Crippen molar-refractivity contribution < 1.29 is 19.4 Å². The summed E-state index contributed by atoms with van der Waals surface area (Å²) in [6.07, 6.45) is 3.10. The highest BCUT2D eigenvalue weighted by atomic mass is 16.5. The van der Waals surface area contributed by atoms with Crippen molar-refractivity contribution in [2.45, 2.75) is 32.6 Å². The molecule has 1 aliphatic heterocycles. The average Bonchev–Trinajstić information content (AvgIpc) is 2.80. The van der Waals surface area contributed by atoms with E-state index < -0.39 is 5.60 Å². The van der Waals surface area contributed by atoms with Gasteiger partial charge in [0, 0.05) is 29.8 Å². The normalized spacial score (nSPS) is 12.2. The lowest BCUT2D eigenvalue weighted by Crippen LogP contribution is -2.38. The minimum Gasteiger partial charge on any atom is -0.485 e. The van der Waals surface area contributed by atoms with Crippen LogP contribution in [0.1, 0.15) is 45.7 Å². The molecule has 2 aromatic carbocycles. The Balaban J connectivity index is 1.41. The summed E-state index contributed by atoms with van der Waals surface area (Å²) in [5, 5.41) is 15.3. The Kier molecular flexibility index (Phi) is 5.87. The minimum absolute atomic E-state index is 0.144. The molecule has 4 rings (SSSR count). The quantitative estimate of drug-likeness (QED) is 0.552. The summed E-state index contributed by atoms with van der Waals surface area (Å²) in [5.41, 5.74) is 3.31. The number of carbonyl (C=O) groups is 2. The van der Waals surface area contributed by atoms with Crippen molar-refractivity contribution in [3.8, 4) is 17.0 Å². The van der Waals surface area contributed by atoms with Gasteiger partial charge in [-0.05, 0) is 49.2 Å². The molecule has 0 saturated carbocycles. The molecule has 8 heteroatoms. The molecule has 32 heavy (non-hydrogen) atoms. The van der Waals surface area contributed by atoms with Crippen LogP contribution in [0.5, 0.6) is 5.75 Å². The van der Waals surface area contributed by atoms with Gasteiger partial charge in [-0.3, -0.25) is 9.59 Å². The van der Waals surface area contributed by atoms with Crippen molar-refractivity contribution >= 4 is 11.8 Å². The fraction of sp³-hybridized carbons (Fsp3) is 0.250. The van der Waals surface area contributed by atoms with Gasteiger partial charge < -0.3 is 20.5 Å². The Morgan fingerprint density at radius 2 is 1.88 bits per heavy atom. The van der Waals surface area contributed by atoms with E-state index in [1.165, 1.54) is 6.33 Å². The summed E-state index contributed by atoms with van der Waals surface area (Å²) in [7, 11) is 0. The maximum absolute atomic E-state index is 12.7. The Labute approximate surface area is 185 Å². The zero-order valence-electron chi connectivity index (χ0n) is 17.9. The lowest BCUT2D eigenvalue weighted by atomic mass is 9.99. The first-order chi connectivity index (χ1) is 15.3. The molecule has 164 valence electrons. The number of aliphatic hydroxyl groups is 1. The molecule has 8 nitrogen and oxygen atoms in total. The number of hydrogen-bond donors (Lipinski definition) is 3. The molecule has 0 fully saturated rings. The number of nitrogens with zero attached hydrogens (tertiary/aromatic N) is 2. The molecule has 0 unspecified atom stereocenters. The highest BCUT2D eigenvalue weighted by Crippen LogP contribution is 2.35. The largest absolute Gasteiger partial charge is 0.485 e. The molecule has 0 bridgehead atoms. The maximum Gasteiger partial charge on any atom is 0.251 e. The van der Waals surface area contributed by atoms with E-state index in [4.69, 9.17) is 4.74 Å². The molecule has 0 spiro atoms. The number of nitrogens with one attached hydrogen (secondary N) is 2. The Hall–Kier alpha value is -3.78. The number of benzene rings is 2. The first-order valence-corrected chi connectivity index (χ1v) is 10.2. The lowest BCUT2D eigenvalue weighted by Gasteiger charge is -2.19. The maximum atomic E-state index is 12.7. The third-order valence-corrected chi connectivity index (χ3v) is 5.01. The average molecular weight is 432 g/mol. The van der Waals surface area contributed by atoms with Gasteiger partial charge in [0.05, 0.1) is 11.8 Å². The van der Waals surface area contributed by atoms with Crippen LogP contribution in [-0.4, -0.2) is 39.0 Å². The third kappa shape index (κ3) is 4.92. The van der Waals surface area contributed by atoms with Crippen LogP contribution in [0.3, 0.4) is 0 Å². The van der Waals surface area contributed by atoms with E-state index in [1.807, 2.05) is 12.1 Å². The van der Waals surface area contributed by atoms with Gasteiger partial charge in [0.15, 0.2) is 5.75 Å². The van der Waals surface area contributed by atoms with E-state index in [0.717, 1.165) is 16.7 Å². The topological polar surface area (TPSA) is 113 Å². The fourth-order valence-electron chi connectivity index (χ4n) is 3.37. The third-order valence-electron chi connectivity index (χ3n) is 5.01. The fourth-order valence-corrected chi connectivity index (χ4v) is 3.37. The number of rotatable bonds is 6. The standard InChI is InChI=1S/C24H24N4O4/c1-24(2,31)13-27-23(30)16-5-3-4-15(8-16)10-26-22(29)17-6-7-19-18(9-17)12-32-20-11-25-14-28-21(19)20/h3-9,11,14,31H,10,12-13H2,1-2H3,(H,26,29)(H,27,30). The van der Waals surface area contributed by atoms with E-state index in [0.29, 0.717) is 29.2 Å². The number of amides is 2. The molecular weight excluding hydrogens is 408 g/mol. The number of aromatic nitrogens is 2. The van der Waals surface area contributed by atoms with Crippen LogP contribution in [0, 0.1) is 0 Å². The second kappa shape index (κ2) is 8.76. The summed E-state index contributed by atoms with van der Waals surface area (Å²) >= 11 is 0. The zero-order chi connectivity index (χ0) is 22.7. The molecule has 0 atom stereocenters. The molecular formula is C24H24N4O4. The van der Waals surface area contributed by atoms with Gasteiger partial charge in [-0.1, -0.05) is 18.2 Å². The van der Waals surface area contributed by atoms with Crippen molar-refractivity contribution in [3.63, 3.8) is 0 Å². The molecule has 1 aliphatic rings. The SMILES string of the molecule is CC(C)(O)CNC(=O)c1cccc(CNC(=O)c2ccc3c(c2)COc2cncnc2-3)c1. The first-order valence-electron chi connectivity index (χ1n) is 10.2. The highest BCUT2D eigenvalue weighted by Gasteiger charge is 2.20. The Morgan fingerprint density at radius 3 is 2.69 bits per heavy atom. The zero-order valence-corrected chi connectivity index (χ0v) is 17.9. The smallest absolute Gasteiger partial charge is 0.251 e. The number of carbonyl (C=O) groups excluding carboxylic acids is 2. The summed E-state index contributed by atoms with van der Waals surface area (Å²) in [6, 6.07) is 12.4. The van der Waals surface area contributed by atoms with E-state index in [2.05, 4.69) is 20.6 Å². The number of fused-ring (bicyclic) bond motifs is 3. The Morgan fingerprint density at radius 1 is 1.09 bits per heavy atom. The van der Waals surface area contributed by atoms with Gasteiger partial charge in [-0.2, -0.15) is 0 Å². The van der Waals surface area contributed by atoms with Gasteiger partial charge in [0.2, 0.25) is 0 Å². The molecule has 0 radical (unpaired) electrons. The summed E-state index contributed by atoms with van der Waals surface area (Å²) in [6.45, 7) is 4.01. The monoisotopic (exact) mass is 432 g/mol. The second-order valence-corrected chi connectivity index (χ2v) is 8.27. The highest BCUT2D eigenvalue weighted by molar-refractivity contribution is 5.96. The van der Waals surface area contributed by atoms with Gasteiger partial charge >= 0.3 is 0 Å². The minimum atomic E-state index is -0.990. The van der Waals surface area contributed by atoms with Crippen LogP contribution < -0.4 is 15.4 Å². The van der Waals surface area contributed by atoms with Crippen molar-refractivity contribution in [1.29, 1.82) is 0 Å². The van der Waals surface area contributed by atoms with Crippen LogP contribution in [0.25, 0.3) is 11.3 Å². The van der Waals surface area contributed by atoms with Gasteiger partial charge in [-0.25, -0.2) is 9.97 Å². The molecule has 3 N–H and O–H groups in total. The van der Waals surface area contributed by atoms with E-state index >= 15 is 0 Å². The Bertz CT molecular complexity index is 1170. The van der Waals surface area contributed by atoms with E-state index in [-0.39, 0.29) is 24.9 Å². The predicted octanol–water partition coefficient (Wildman–Crippen LogP) is 2.47. The van der Waals surface area contributed by atoms with Crippen molar-refractivity contribution in [2.24, 2.45) is 0 Å². The second-order valence-electron chi connectivity index (χ2n) is 8.27. The van der Waals surface area contributed by atoms with Gasteiger partial charge in [0.1, 0.15) is 18.6 Å². The summed E-state index contributed by atoms with van der Waals surface area (Å²) in [4.78, 5) is 33.2. The summed E-state index contributed by atoms with van der Waals surface area (Å²) in [5.74, 6) is 0.126. The molecule has 0 aliphatic carbocycles. The van der Waals surface area contributed by atoms with Crippen LogP contribution in [0.4, 0.5) is 0 Å². The molecule has 2 heterocycles. The van der Waals surface area contributed by atoms with E-state index in [1.54, 1.807) is 50.4 Å². The number of hydrogen-bond acceptors (Lipinski definition) is 6. The van der Waals surface area contributed by atoms with Gasteiger partial charge in [0.25, 0.3) is 11.8 Å². The predicted molar refractivity (Wildman–Crippen MR) is 118 cm³/mol. The molecule has 3 aromatic rings. The first kappa shape index (κ1) is 21.5. The summed E-state index contributed by atoms with van der Waals surface area (Å²) < 4.78 is 5.68. The lowest BCUT2D eigenvalue weighted by molar-refractivity contribution is 0.0694. The molecule has 0 saturated heterocycles. The van der Waals surface area contributed by atoms with Crippen LogP contribution in [0.15, 0.2) is 55.0 Å². The van der Waals surface area contributed by atoms with Crippen molar-refractivity contribution in [1.82, 2.24) is 20.6 Å².